The molecule has 3 heterocycles. The van der Waals surface area contributed by atoms with E-state index in [1.54, 1.807) is 16.9 Å². The maximum absolute atomic E-state index is 9.48. The molecule has 104 valence electrons. The number of hydrogen-bond donors (Lipinski definition) is 0. The Bertz CT molecular complexity index is 980. The van der Waals surface area contributed by atoms with E-state index < -0.39 is 0 Å². The van der Waals surface area contributed by atoms with Gasteiger partial charge in [0.25, 0.3) is 0 Å². The second-order valence-corrected chi connectivity index (χ2v) is 5.58. The van der Waals surface area contributed by atoms with Crippen LogP contribution in [-0.4, -0.2) is 19.6 Å². The van der Waals surface area contributed by atoms with E-state index in [0.29, 0.717) is 16.3 Å². The predicted molar refractivity (Wildman–Crippen MR) is 84.2 cm³/mol. The van der Waals surface area contributed by atoms with Crippen LogP contribution in [-0.2, 0) is 0 Å². The molecule has 0 spiro atoms. The van der Waals surface area contributed by atoms with Crippen LogP contribution in [0.25, 0.3) is 26.8 Å². The molecule has 0 radical (unpaired) electrons. The lowest BCUT2D eigenvalue weighted by Crippen LogP contribution is -1.91. The topological polar surface area (TPSA) is 66.9 Å². The average molecular weight is 303 g/mol. The Balaban J connectivity index is 1.90. The van der Waals surface area contributed by atoms with E-state index in [4.69, 9.17) is 0 Å². The summed E-state index contributed by atoms with van der Waals surface area (Å²) >= 11 is 1.47. The predicted octanol–water partition coefficient (Wildman–Crippen LogP) is 3.39. The third-order valence-corrected chi connectivity index (χ3v) is 4.24. The van der Waals surface area contributed by atoms with Gasteiger partial charge in [-0.2, -0.15) is 14.9 Å². The van der Waals surface area contributed by atoms with Crippen molar-refractivity contribution in [3.8, 4) is 27.9 Å². The van der Waals surface area contributed by atoms with Crippen LogP contribution in [0.2, 0.25) is 0 Å². The standard InChI is InChI=1S/C16H9N5S/c17-10-13-14(11-6-8-18-9-7-11)19-16-21(13)20-15(22-16)12-4-2-1-3-5-12/h1-9H. The zero-order valence-corrected chi connectivity index (χ0v) is 12.2. The van der Waals surface area contributed by atoms with Crippen LogP contribution < -0.4 is 0 Å². The average Bonchev–Trinajstić information content (AvgIpc) is 3.14. The maximum atomic E-state index is 9.48. The van der Waals surface area contributed by atoms with Crippen LogP contribution in [0.4, 0.5) is 0 Å². The molecule has 0 bridgehead atoms. The largest absolute Gasteiger partial charge is 0.265 e. The second kappa shape index (κ2) is 5.06. The number of imidazole rings is 1. The van der Waals surface area contributed by atoms with Gasteiger partial charge in [-0.3, -0.25) is 4.98 Å². The number of aromatic nitrogens is 4. The molecule has 0 saturated heterocycles. The molecule has 4 rings (SSSR count). The SMILES string of the molecule is N#Cc1c(-c2ccncc2)nc2sc(-c3ccccc3)nn12. The highest BCUT2D eigenvalue weighted by Gasteiger charge is 2.18. The van der Waals surface area contributed by atoms with E-state index in [1.165, 1.54) is 11.3 Å². The Kier molecular flexibility index (Phi) is 2.92. The van der Waals surface area contributed by atoms with E-state index in [2.05, 4.69) is 21.1 Å². The lowest BCUT2D eigenvalue weighted by Gasteiger charge is -1.96. The molecule has 0 aliphatic carbocycles. The fraction of sp³-hybridized carbons (Fsp3) is 0. The molecule has 0 fully saturated rings. The Morgan fingerprint density at radius 3 is 2.50 bits per heavy atom. The van der Waals surface area contributed by atoms with Crippen molar-refractivity contribution in [1.29, 1.82) is 5.26 Å². The minimum Gasteiger partial charge on any atom is -0.265 e. The number of pyridine rings is 1. The number of benzene rings is 1. The van der Waals surface area contributed by atoms with E-state index in [0.717, 1.165) is 16.1 Å². The first-order chi connectivity index (χ1) is 10.9. The molecule has 4 aromatic rings. The van der Waals surface area contributed by atoms with Crippen LogP contribution in [0.3, 0.4) is 0 Å². The van der Waals surface area contributed by atoms with Crippen molar-refractivity contribution in [2.45, 2.75) is 0 Å². The molecule has 5 nitrogen and oxygen atoms in total. The Hall–Kier alpha value is -3.04. The highest BCUT2D eigenvalue weighted by molar-refractivity contribution is 7.19. The van der Waals surface area contributed by atoms with E-state index in [-0.39, 0.29) is 0 Å². The summed E-state index contributed by atoms with van der Waals surface area (Å²) in [5.41, 5.74) is 2.97. The summed E-state index contributed by atoms with van der Waals surface area (Å²) in [5, 5.41) is 14.9. The molecule has 0 saturated carbocycles. The zero-order chi connectivity index (χ0) is 14.9. The Morgan fingerprint density at radius 2 is 1.77 bits per heavy atom. The molecule has 0 aliphatic rings. The fourth-order valence-electron chi connectivity index (χ4n) is 2.26. The Labute approximate surface area is 130 Å². The Morgan fingerprint density at radius 1 is 1.00 bits per heavy atom. The molecule has 0 unspecified atom stereocenters. The van der Waals surface area contributed by atoms with Crippen molar-refractivity contribution in [1.82, 2.24) is 19.6 Å². The van der Waals surface area contributed by atoms with Crippen molar-refractivity contribution >= 4 is 16.3 Å². The van der Waals surface area contributed by atoms with Crippen molar-refractivity contribution < 1.29 is 0 Å². The van der Waals surface area contributed by atoms with Gasteiger partial charge in [-0.05, 0) is 12.1 Å². The van der Waals surface area contributed by atoms with Gasteiger partial charge in [0, 0.05) is 23.5 Å². The summed E-state index contributed by atoms with van der Waals surface area (Å²) in [5.74, 6) is 0. The summed E-state index contributed by atoms with van der Waals surface area (Å²) in [4.78, 5) is 9.27. The smallest absolute Gasteiger partial charge is 0.214 e. The van der Waals surface area contributed by atoms with Crippen molar-refractivity contribution in [2.75, 3.05) is 0 Å². The van der Waals surface area contributed by atoms with E-state index in [9.17, 15) is 5.26 Å². The maximum Gasteiger partial charge on any atom is 0.214 e. The number of nitriles is 1. The van der Waals surface area contributed by atoms with Gasteiger partial charge in [0.05, 0.1) is 0 Å². The zero-order valence-electron chi connectivity index (χ0n) is 11.3. The summed E-state index contributed by atoms with van der Waals surface area (Å²) in [7, 11) is 0. The van der Waals surface area contributed by atoms with Gasteiger partial charge in [0.15, 0.2) is 5.69 Å². The van der Waals surface area contributed by atoms with Gasteiger partial charge in [0.1, 0.15) is 16.8 Å². The van der Waals surface area contributed by atoms with Gasteiger partial charge in [-0.15, -0.1) is 0 Å². The number of hydrogen-bond acceptors (Lipinski definition) is 5. The fourth-order valence-corrected chi connectivity index (χ4v) is 3.16. The van der Waals surface area contributed by atoms with Crippen LogP contribution >= 0.6 is 11.3 Å². The summed E-state index contributed by atoms with van der Waals surface area (Å²) in [6, 6.07) is 15.8. The summed E-state index contributed by atoms with van der Waals surface area (Å²) < 4.78 is 1.61. The molecule has 0 atom stereocenters. The van der Waals surface area contributed by atoms with Gasteiger partial charge in [-0.25, -0.2) is 4.98 Å². The first kappa shape index (κ1) is 12.7. The molecule has 6 heteroatoms. The monoisotopic (exact) mass is 303 g/mol. The van der Waals surface area contributed by atoms with Crippen molar-refractivity contribution in [2.24, 2.45) is 0 Å². The van der Waals surface area contributed by atoms with Crippen LogP contribution in [0, 0.1) is 11.3 Å². The van der Waals surface area contributed by atoms with Gasteiger partial charge >= 0.3 is 0 Å². The van der Waals surface area contributed by atoms with Crippen LogP contribution in [0.5, 0.6) is 0 Å². The second-order valence-electron chi connectivity index (χ2n) is 4.62. The normalized spacial score (nSPS) is 10.7. The molecule has 0 aliphatic heterocycles. The third-order valence-electron chi connectivity index (χ3n) is 3.28. The minimum atomic E-state index is 0.444. The minimum absolute atomic E-state index is 0.444. The molecular formula is C16H9N5S. The molecule has 0 amide bonds. The van der Waals surface area contributed by atoms with Crippen molar-refractivity contribution in [3.05, 3.63) is 60.6 Å². The molecule has 3 aromatic heterocycles. The van der Waals surface area contributed by atoms with E-state index >= 15 is 0 Å². The third kappa shape index (κ3) is 1.96. The summed E-state index contributed by atoms with van der Waals surface area (Å²) in [6.45, 7) is 0. The highest BCUT2D eigenvalue weighted by Crippen LogP contribution is 2.30. The van der Waals surface area contributed by atoms with Crippen molar-refractivity contribution in [3.63, 3.8) is 0 Å². The number of fused-ring (bicyclic) bond motifs is 1. The van der Waals surface area contributed by atoms with Gasteiger partial charge < -0.3 is 0 Å². The first-order valence-electron chi connectivity index (χ1n) is 6.62. The summed E-state index contributed by atoms with van der Waals surface area (Å²) in [6.07, 6.45) is 3.37. The van der Waals surface area contributed by atoms with E-state index in [1.807, 2.05) is 42.5 Å². The quantitative estimate of drug-likeness (QED) is 0.569. The van der Waals surface area contributed by atoms with Crippen LogP contribution in [0.1, 0.15) is 5.69 Å². The molecular weight excluding hydrogens is 294 g/mol. The lowest BCUT2D eigenvalue weighted by atomic mass is 10.2. The van der Waals surface area contributed by atoms with Gasteiger partial charge in [-0.1, -0.05) is 41.7 Å². The molecule has 1 aromatic carbocycles. The first-order valence-corrected chi connectivity index (χ1v) is 7.44. The van der Waals surface area contributed by atoms with Crippen LogP contribution in [0.15, 0.2) is 54.9 Å². The highest BCUT2D eigenvalue weighted by atomic mass is 32.1. The number of rotatable bonds is 2. The lowest BCUT2D eigenvalue weighted by molar-refractivity contribution is 0.960. The molecule has 0 N–H and O–H groups in total. The van der Waals surface area contributed by atoms with Gasteiger partial charge in [0.2, 0.25) is 4.96 Å². The molecule has 22 heavy (non-hydrogen) atoms. The number of nitrogens with zero attached hydrogens (tertiary/aromatic N) is 5.